The first-order valence-corrected chi connectivity index (χ1v) is 4.68. The normalized spacial score (nSPS) is 12.5. The van der Waals surface area contributed by atoms with Crippen LogP contribution in [-0.4, -0.2) is 23.9 Å². The molecule has 0 bridgehead atoms. The van der Waals surface area contributed by atoms with Gasteiger partial charge in [0.2, 0.25) is 5.91 Å². The van der Waals surface area contributed by atoms with Gasteiger partial charge in [0.15, 0.2) is 0 Å². The average Bonchev–Trinajstić information content (AvgIpc) is 2.68. The van der Waals surface area contributed by atoms with Gasteiger partial charge in [-0.25, -0.2) is 0 Å². The van der Waals surface area contributed by atoms with Crippen molar-refractivity contribution >= 4 is 5.91 Å². The first-order valence-electron chi connectivity index (χ1n) is 4.68. The molecule has 4 nitrogen and oxygen atoms in total. The SMILES string of the molecule is CC[C@H](N)C(=O)N(C)Cc1ccco1. The van der Waals surface area contributed by atoms with E-state index in [2.05, 4.69) is 0 Å². The maximum Gasteiger partial charge on any atom is 0.239 e. The van der Waals surface area contributed by atoms with E-state index in [1.807, 2.05) is 13.0 Å². The van der Waals surface area contributed by atoms with Crippen molar-refractivity contribution in [2.75, 3.05) is 7.05 Å². The van der Waals surface area contributed by atoms with Crippen LogP contribution < -0.4 is 5.73 Å². The second-order valence-corrected chi connectivity index (χ2v) is 3.29. The van der Waals surface area contributed by atoms with Crippen molar-refractivity contribution in [2.24, 2.45) is 5.73 Å². The van der Waals surface area contributed by atoms with Gasteiger partial charge in [0.05, 0.1) is 18.8 Å². The Hall–Kier alpha value is -1.29. The molecule has 1 aromatic rings. The van der Waals surface area contributed by atoms with E-state index in [4.69, 9.17) is 10.2 Å². The van der Waals surface area contributed by atoms with E-state index in [1.54, 1.807) is 24.3 Å². The number of hydrogen-bond donors (Lipinski definition) is 1. The molecule has 0 aliphatic carbocycles. The quantitative estimate of drug-likeness (QED) is 0.780. The molecular formula is C10H16N2O2. The molecule has 1 amide bonds. The lowest BCUT2D eigenvalue weighted by Gasteiger charge is -2.19. The van der Waals surface area contributed by atoms with Crippen LogP contribution in [0.25, 0.3) is 0 Å². The van der Waals surface area contributed by atoms with Crippen LogP contribution in [0.15, 0.2) is 22.8 Å². The smallest absolute Gasteiger partial charge is 0.239 e. The van der Waals surface area contributed by atoms with E-state index in [0.717, 1.165) is 5.76 Å². The molecule has 0 aliphatic rings. The highest BCUT2D eigenvalue weighted by atomic mass is 16.3. The minimum atomic E-state index is -0.407. The molecule has 1 aromatic heterocycles. The van der Waals surface area contributed by atoms with E-state index in [0.29, 0.717) is 13.0 Å². The van der Waals surface area contributed by atoms with Crippen molar-refractivity contribution in [2.45, 2.75) is 25.9 Å². The number of likely N-dealkylation sites (N-methyl/N-ethyl adjacent to an activating group) is 1. The Morgan fingerprint density at radius 1 is 1.71 bits per heavy atom. The van der Waals surface area contributed by atoms with Crippen molar-refractivity contribution in [1.29, 1.82) is 0 Å². The first kappa shape index (κ1) is 10.8. The lowest BCUT2D eigenvalue weighted by atomic mass is 10.2. The minimum absolute atomic E-state index is 0.0519. The zero-order valence-corrected chi connectivity index (χ0v) is 8.56. The number of nitrogens with two attached hydrogens (primary N) is 1. The monoisotopic (exact) mass is 196 g/mol. The fourth-order valence-electron chi connectivity index (χ4n) is 1.17. The molecular weight excluding hydrogens is 180 g/mol. The van der Waals surface area contributed by atoms with Gasteiger partial charge in [-0.15, -0.1) is 0 Å². The van der Waals surface area contributed by atoms with Crippen molar-refractivity contribution in [3.63, 3.8) is 0 Å². The fraction of sp³-hybridized carbons (Fsp3) is 0.500. The van der Waals surface area contributed by atoms with Crippen LogP contribution in [0.4, 0.5) is 0 Å². The molecule has 0 unspecified atom stereocenters. The van der Waals surface area contributed by atoms with E-state index in [1.165, 1.54) is 0 Å². The number of carbonyl (C=O) groups is 1. The molecule has 1 heterocycles. The molecule has 0 spiro atoms. The summed E-state index contributed by atoms with van der Waals surface area (Å²) in [6.45, 7) is 2.36. The highest BCUT2D eigenvalue weighted by Gasteiger charge is 2.16. The largest absolute Gasteiger partial charge is 0.467 e. The van der Waals surface area contributed by atoms with Crippen molar-refractivity contribution in [3.05, 3.63) is 24.2 Å². The van der Waals surface area contributed by atoms with Gasteiger partial charge >= 0.3 is 0 Å². The van der Waals surface area contributed by atoms with E-state index in [-0.39, 0.29) is 5.91 Å². The van der Waals surface area contributed by atoms with Crippen LogP contribution in [0.2, 0.25) is 0 Å². The lowest BCUT2D eigenvalue weighted by molar-refractivity contribution is -0.132. The zero-order chi connectivity index (χ0) is 10.6. The van der Waals surface area contributed by atoms with Crippen LogP contribution in [0.3, 0.4) is 0 Å². The summed E-state index contributed by atoms with van der Waals surface area (Å²) >= 11 is 0. The number of furan rings is 1. The van der Waals surface area contributed by atoms with E-state index in [9.17, 15) is 4.79 Å². The van der Waals surface area contributed by atoms with Crippen LogP contribution in [0.5, 0.6) is 0 Å². The van der Waals surface area contributed by atoms with Crippen molar-refractivity contribution in [3.8, 4) is 0 Å². The van der Waals surface area contributed by atoms with Gasteiger partial charge in [-0.05, 0) is 18.6 Å². The second kappa shape index (κ2) is 4.81. The summed E-state index contributed by atoms with van der Waals surface area (Å²) in [5, 5.41) is 0. The highest BCUT2D eigenvalue weighted by Crippen LogP contribution is 2.05. The third-order valence-corrected chi connectivity index (χ3v) is 2.11. The van der Waals surface area contributed by atoms with Crippen LogP contribution in [-0.2, 0) is 11.3 Å². The minimum Gasteiger partial charge on any atom is -0.467 e. The van der Waals surface area contributed by atoms with Crippen LogP contribution >= 0.6 is 0 Å². The molecule has 2 N–H and O–H groups in total. The third-order valence-electron chi connectivity index (χ3n) is 2.11. The van der Waals surface area contributed by atoms with E-state index >= 15 is 0 Å². The summed E-state index contributed by atoms with van der Waals surface area (Å²) in [6, 6.07) is 3.23. The third kappa shape index (κ3) is 2.60. The summed E-state index contributed by atoms with van der Waals surface area (Å²) in [5.74, 6) is 0.716. The number of rotatable bonds is 4. The molecule has 1 rings (SSSR count). The molecule has 0 fully saturated rings. The molecule has 0 saturated heterocycles. The molecule has 78 valence electrons. The highest BCUT2D eigenvalue weighted by molar-refractivity contribution is 5.81. The van der Waals surface area contributed by atoms with Gasteiger partial charge < -0.3 is 15.1 Å². The molecule has 4 heteroatoms. The molecule has 0 radical (unpaired) electrons. The first-order chi connectivity index (χ1) is 6.65. The lowest BCUT2D eigenvalue weighted by Crippen LogP contribution is -2.40. The average molecular weight is 196 g/mol. The maximum atomic E-state index is 11.6. The van der Waals surface area contributed by atoms with Gasteiger partial charge in [-0.2, -0.15) is 0 Å². The number of hydrogen-bond acceptors (Lipinski definition) is 3. The Labute approximate surface area is 83.7 Å². The summed E-state index contributed by atoms with van der Waals surface area (Å²) in [4.78, 5) is 13.1. The molecule has 1 atom stereocenters. The molecule has 0 saturated carbocycles. The van der Waals surface area contributed by atoms with Crippen LogP contribution in [0, 0.1) is 0 Å². The summed E-state index contributed by atoms with van der Waals surface area (Å²) in [7, 11) is 1.72. The molecule has 14 heavy (non-hydrogen) atoms. The summed E-state index contributed by atoms with van der Waals surface area (Å²) < 4.78 is 5.13. The van der Waals surface area contributed by atoms with Crippen molar-refractivity contribution < 1.29 is 9.21 Å². The molecule has 0 aliphatic heterocycles. The van der Waals surface area contributed by atoms with Crippen LogP contribution in [0.1, 0.15) is 19.1 Å². The standard InChI is InChI=1S/C10H16N2O2/c1-3-9(11)10(13)12(2)7-8-5-4-6-14-8/h4-6,9H,3,7,11H2,1-2H3/t9-/m0/s1. The Bertz CT molecular complexity index is 282. The Morgan fingerprint density at radius 2 is 2.43 bits per heavy atom. The predicted molar refractivity (Wildman–Crippen MR) is 53.4 cm³/mol. The van der Waals surface area contributed by atoms with Gasteiger partial charge in [0.1, 0.15) is 5.76 Å². The Morgan fingerprint density at radius 3 is 2.93 bits per heavy atom. The zero-order valence-electron chi connectivity index (χ0n) is 8.56. The number of nitrogens with zero attached hydrogens (tertiary/aromatic N) is 1. The Kier molecular flexibility index (Phi) is 3.71. The van der Waals surface area contributed by atoms with Gasteiger partial charge in [-0.1, -0.05) is 6.92 Å². The second-order valence-electron chi connectivity index (χ2n) is 3.29. The fourth-order valence-corrected chi connectivity index (χ4v) is 1.17. The maximum absolute atomic E-state index is 11.6. The van der Waals surface area contributed by atoms with Gasteiger partial charge in [0.25, 0.3) is 0 Å². The number of carbonyl (C=O) groups excluding carboxylic acids is 1. The topological polar surface area (TPSA) is 59.5 Å². The Balaban J connectivity index is 2.50. The van der Waals surface area contributed by atoms with Gasteiger partial charge in [-0.3, -0.25) is 4.79 Å². The van der Waals surface area contributed by atoms with Crippen molar-refractivity contribution in [1.82, 2.24) is 4.90 Å². The summed E-state index contributed by atoms with van der Waals surface area (Å²) in [5.41, 5.74) is 5.62. The van der Waals surface area contributed by atoms with E-state index < -0.39 is 6.04 Å². The summed E-state index contributed by atoms with van der Waals surface area (Å²) in [6.07, 6.45) is 2.24. The number of amides is 1. The molecule has 0 aromatic carbocycles. The van der Waals surface area contributed by atoms with Gasteiger partial charge in [0, 0.05) is 7.05 Å². The predicted octanol–water partition coefficient (Wildman–Crippen LogP) is 0.975.